The number of nitrogens with one attached hydrogen (secondary N) is 2. The number of nitrogens with zero attached hydrogens (tertiary/aromatic N) is 3. The fraction of sp³-hybridized carbons (Fsp3) is 0.462. The van der Waals surface area contributed by atoms with Crippen LogP contribution in [0.1, 0.15) is 43.4 Å². The third kappa shape index (κ3) is 4.20. The lowest BCUT2D eigenvalue weighted by molar-refractivity contribution is -0.165. The predicted molar refractivity (Wildman–Crippen MR) is 131 cm³/mol. The first kappa shape index (κ1) is 22.9. The van der Waals surface area contributed by atoms with Gasteiger partial charge in [-0.2, -0.15) is 0 Å². The van der Waals surface area contributed by atoms with E-state index in [9.17, 15) is 9.90 Å². The summed E-state index contributed by atoms with van der Waals surface area (Å²) in [6, 6.07) is 7.41. The molecule has 7 rings (SSSR count). The van der Waals surface area contributed by atoms with Crippen LogP contribution >= 0.6 is 0 Å². The molecule has 1 aliphatic carbocycles. The fourth-order valence-electron chi connectivity index (χ4n) is 5.50. The van der Waals surface area contributed by atoms with Crippen molar-refractivity contribution in [1.82, 2.24) is 20.3 Å². The van der Waals surface area contributed by atoms with E-state index in [1.54, 1.807) is 13.2 Å². The summed E-state index contributed by atoms with van der Waals surface area (Å²) < 4.78 is 17.1. The molecule has 2 bridgehead atoms. The molecule has 188 valence electrons. The van der Waals surface area contributed by atoms with Crippen LogP contribution in [0.2, 0.25) is 0 Å². The summed E-state index contributed by atoms with van der Waals surface area (Å²) in [6.07, 6.45) is 6.86. The molecule has 10 heteroatoms. The van der Waals surface area contributed by atoms with Gasteiger partial charge in [0.15, 0.2) is 18.2 Å². The van der Waals surface area contributed by atoms with Crippen LogP contribution in [0.15, 0.2) is 30.5 Å². The highest BCUT2D eigenvalue weighted by molar-refractivity contribution is 5.94. The Bertz CT molecular complexity index is 1310. The summed E-state index contributed by atoms with van der Waals surface area (Å²) in [5.74, 6) is 1.54. The molecule has 3 aromatic heterocycles. The molecule has 4 aliphatic rings. The number of carbonyl (C=O) groups excluding carboxylic acids is 1. The molecule has 0 radical (unpaired) electrons. The van der Waals surface area contributed by atoms with Gasteiger partial charge in [-0.15, -0.1) is 0 Å². The molecule has 3 fully saturated rings. The highest BCUT2D eigenvalue weighted by atomic mass is 16.5. The maximum Gasteiger partial charge on any atom is 0.263 e. The van der Waals surface area contributed by atoms with Crippen LogP contribution < -0.4 is 20.1 Å². The quantitative estimate of drug-likeness (QED) is 0.457. The second-order valence-electron chi connectivity index (χ2n) is 9.94. The molecule has 3 N–H and O–H groups in total. The highest BCUT2D eigenvalue weighted by Crippen LogP contribution is 2.46. The minimum atomic E-state index is -0.198. The first-order valence-corrected chi connectivity index (χ1v) is 12.3. The zero-order valence-corrected chi connectivity index (χ0v) is 20.2. The lowest BCUT2D eigenvalue weighted by Gasteiger charge is -2.53. The summed E-state index contributed by atoms with van der Waals surface area (Å²) in [4.78, 5) is 25.0. The second-order valence-corrected chi connectivity index (χ2v) is 9.94. The van der Waals surface area contributed by atoms with Gasteiger partial charge in [-0.05, 0) is 56.7 Å². The summed E-state index contributed by atoms with van der Waals surface area (Å²) in [6.45, 7) is 1.24. The van der Waals surface area contributed by atoms with E-state index in [1.807, 2.05) is 18.2 Å². The van der Waals surface area contributed by atoms with Gasteiger partial charge in [-0.3, -0.25) is 9.78 Å². The van der Waals surface area contributed by atoms with Gasteiger partial charge in [0, 0.05) is 23.7 Å². The van der Waals surface area contributed by atoms with E-state index < -0.39 is 0 Å². The van der Waals surface area contributed by atoms with Gasteiger partial charge in [0.25, 0.3) is 5.91 Å². The number of anilines is 1. The number of hydrogen-bond donors (Lipinski definition) is 3. The minimum absolute atomic E-state index is 0.0240. The number of aryl methyl sites for hydroxylation is 1. The van der Waals surface area contributed by atoms with Gasteiger partial charge in [0.05, 0.1) is 42.2 Å². The number of carbonyl (C=O) groups is 1. The van der Waals surface area contributed by atoms with E-state index in [0.29, 0.717) is 42.5 Å². The Labute approximate surface area is 208 Å². The van der Waals surface area contributed by atoms with E-state index in [0.717, 1.165) is 48.9 Å². The summed E-state index contributed by atoms with van der Waals surface area (Å²) in [5.41, 5.74) is 2.76. The van der Waals surface area contributed by atoms with Crippen molar-refractivity contribution in [3.63, 3.8) is 0 Å². The van der Waals surface area contributed by atoms with Gasteiger partial charge < -0.3 is 30.0 Å². The van der Waals surface area contributed by atoms with Gasteiger partial charge >= 0.3 is 0 Å². The second kappa shape index (κ2) is 8.86. The van der Waals surface area contributed by atoms with Crippen molar-refractivity contribution in [3.8, 4) is 17.4 Å². The number of aromatic hydroxyl groups is 1. The molecule has 0 spiro atoms. The number of aromatic nitrogens is 3. The zero-order chi connectivity index (χ0) is 24.8. The van der Waals surface area contributed by atoms with E-state index in [4.69, 9.17) is 14.2 Å². The van der Waals surface area contributed by atoms with E-state index in [2.05, 4.69) is 25.6 Å². The molecular weight excluding hydrogens is 462 g/mol. The van der Waals surface area contributed by atoms with Crippen LogP contribution in [0.4, 0.5) is 5.82 Å². The largest absolute Gasteiger partial charge is 0.506 e. The molecule has 2 saturated heterocycles. The smallest absolute Gasteiger partial charge is 0.263 e. The van der Waals surface area contributed by atoms with Crippen LogP contribution in [-0.2, 0) is 22.5 Å². The monoisotopic (exact) mass is 491 g/mol. The van der Waals surface area contributed by atoms with E-state index in [1.165, 1.54) is 6.20 Å². The molecule has 10 nitrogen and oxygen atoms in total. The highest BCUT2D eigenvalue weighted by Gasteiger charge is 2.49. The molecule has 0 unspecified atom stereocenters. The van der Waals surface area contributed by atoms with Crippen molar-refractivity contribution in [2.75, 3.05) is 25.6 Å². The van der Waals surface area contributed by atoms with Crippen molar-refractivity contribution in [2.24, 2.45) is 0 Å². The summed E-state index contributed by atoms with van der Waals surface area (Å²) in [5, 5.41) is 17.0. The first-order valence-electron chi connectivity index (χ1n) is 12.3. The number of amides is 1. The average molecular weight is 492 g/mol. The molecule has 1 amide bonds. The zero-order valence-electron chi connectivity index (χ0n) is 20.2. The third-order valence-corrected chi connectivity index (χ3v) is 7.76. The maximum atomic E-state index is 11.6. The summed E-state index contributed by atoms with van der Waals surface area (Å²) in [7, 11) is 1.58. The number of fused-ring (bicyclic) bond motifs is 5. The Morgan fingerprint density at radius 1 is 1.17 bits per heavy atom. The molecule has 3 aliphatic heterocycles. The molecule has 36 heavy (non-hydrogen) atoms. The molecule has 0 atom stereocenters. The molecule has 6 heterocycles. The SMILES string of the molecule is COc1ccc2ncc(O)c(CCC34CCC(NCc5ccc6c(n5)NC(=O)CO6)(CC3)CO4)c2n1. The Morgan fingerprint density at radius 2 is 2.03 bits per heavy atom. The van der Waals surface area contributed by atoms with Gasteiger partial charge in [0.1, 0.15) is 5.75 Å². The Balaban J connectivity index is 1.10. The average Bonchev–Trinajstić information content (AvgIpc) is 2.92. The predicted octanol–water partition coefficient (Wildman–Crippen LogP) is 2.87. The van der Waals surface area contributed by atoms with Crippen molar-refractivity contribution in [2.45, 2.75) is 56.2 Å². The summed E-state index contributed by atoms with van der Waals surface area (Å²) >= 11 is 0. The Kier molecular flexibility index (Phi) is 5.65. The Morgan fingerprint density at radius 3 is 2.81 bits per heavy atom. The fourth-order valence-corrected chi connectivity index (χ4v) is 5.50. The first-order chi connectivity index (χ1) is 17.5. The van der Waals surface area contributed by atoms with Crippen LogP contribution in [-0.4, -0.2) is 57.4 Å². The third-order valence-electron chi connectivity index (χ3n) is 7.76. The van der Waals surface area contributed by atoms with Crippen molar-refractivity contribution >= 4 is 22.8 Å². The van der Waals surface area contributed by atoms with E-state index >= 15 is 0 Å². The molecule has 3 aromatic rings. The number of rotatable bonds is 7. The van der Waals surface area contributed by atoms with Crippen LogP contribution in [0, 0.1) is 0 Å². The van der Waals surface area contributed by atoms with E-state index in [-0.39, 0.29) is 29.4 Å². The lowest BCUT2D eigenvalue weighted by atomic mass is 9.69. The van der Waals surface area contributed by atoms with Crippen LogP contribution in [0.5, 0.6) is 17.4 Å². The molecular formula is C26H29N5O5. The van der Waals surface area contributed by atoms with Gasteiger partial charge in [0.2, 0.25) is 5.88 Å². The number of ether oxygens (including phenoxy) is 3. The van der Waals surface area contributed by atoms with Crippen LogP contribution in [0.3, 0.4) is 0 Å². The minimum Gasteiger partial charge on any atom is -0.506 e. The van der Waals surface area contributed by atoms with Crippen molar-refractivity contribution in [1.29, 1.82) is 0 Å². The number of pyridine rings is 3. The Hall–Kier alpha value is -3.50. The van der Waals surface area contributed by atoms with Gasteiger partial charge in [-0.1, -0.05) is 0 Å². The molecule has 1 saturated carbocycles. The normalized spacial score (nSPS) is 24.8. The maximum absolute atomic E-state index is 11.6. The topological polar surface area (TPSA) is 128 Å². The standard InChI is InChI=1S/C26H29N5O5/c1-34-22-5-3-18-23(31-22)17(19(32)13-27-18)6-7-26-10-8-25(9-11-26,15-36-26)28-12-16-2-4-20-24(29-16)30-21(33)14-35-20/h2-5,13,28,32H,6-12,14-15H2,1H3,(H,29,30,33). The van der Waals surface area contributed by atoms with Crippen molar-refractivity contribution in [3.05, 3.63) is 41.7 Å². The van der Waals surface area contributed by atoms with Gasteiger partial charge in [-0.25, -0.2) is 9.97 Å². The molecule has 0 aromatic carbocycles. The number of methoxy groups -OCH3 is 1. The van der Waals surface area contributed by atoms with Crippen molar-refractivity contribution < 1.29 is 24.1 Å². The number of hydrogen-bond acceptors (Lipinski definition) is 9. The lowest BCUT2D eigenvalue weighted by Crippen LogP contribution is -2.61. The van der Waals surface area contributed by atoms with Crippen LogP contribution in [0.25, 0.3) is 11.0 Å².